The lowest BCUT2D eigenvalue weighted by Gasteiger charge is -2.46. The normalized spacial score (nSPS) is 30.3. The van der Waals surface area contributed by atoms with E-state index in [4.69, 9.17) is 4.74 Å². The maximum absolute atomic E-state index is 13.4. The summed E-state index contributed by atoms with van der Waals surface area (Å²) in [7, 11) is 0. The second-order valence-electron chi connectivity index (χ2n) is 11.2. The number of fused-ring (bicyclic) bond motifs is 1. The fraction of sp³-hybridized carbons (Fsp3) is 0.643. The number of thioether (sulfide) groups is 1. The number of amides is 1. The summed E-state index contributed by atoms with van der Waals surface area (Å²) in [4.78, 5) is 41.8. The predicted octanol–water partition coefficient (Wildman–Crippen LogP) is 2.90. The molecule has 212 valence electrons. The van der Waals surface area contributed by atoms with Crippen LogP contribution in [0, 0.1) is 27.9 Å². The van der Waals surface area contributed by atoms with Crippen molar-refractivity contribution in [1.29, 1.82) is 0 Å². The van der Waals surface area contributed by atoms with Crippen LogP contribution in [0.4, 0.5) is 5.69 Å². The van der Waals surface area contributed by atoms with Crippen LogP contribution in [0.2, 0.25) is 0 Å². The third-order valence-corrected chi connectivity index (χ3v) is 10.4. The molecule has 39 heavy (non-hydrogen) atoms. The minimum atomic E-state index is -0.797. The highest BCUT2D eigenvalue weighted by Crippen LogP contribution is 2.52. The zero-order valence-electron chi connectivity index (χ0n) is 22.7. The molecule has 0 unspecified atom stereocenters. The van der Waals surface area contributed by atoms with E-state index in [1.807, 2.05) is 6.92 Å². The van der Waals surface area contributed by atoms with Crippen LogP contribution in [0.5, 0.6) is 0 Å². The van der Waals surface area contributed by atoms with E-state index in [-0.39, 0.29) is 35.4 Å². The van der Waals surface area contributed by atoms with Gasteiger partial charge in [-0.05, 0) is 69.4 Å². The molecular formula is C28H38N4O6S. The molecule has 0 saturated carbocycles. The van der Waals surface area contributed by atoms with Gasteiger partial charge in [-0.25, -0.2) is 4.79 Å². The Bertz CT molecular complexity index is 1130. The number of β-lactam (4-membered cyclic amide) rings is 1. The first-order valence-electron chi connectivity index (χ1n) is 14.0. The summed E-state index contributed by atoms with van der Waals surface area (Å²) in [5.74, 6) is -0.780. The molecule has 6 atom stereocenters. The third-order valence-electron chi connectivity index (χ3n) is 8.89. The summed E-state index contributed by atoms with van der Waals surface area (Å²) in [6.07, 6.45) is 2.61. The Hall–Kier alpha value is -2.47. The molecule has 0 radical (unpaired) electrons. The number of benzene rings is 1. The van der Waals surface area contributed by atoms with Gasteiger partial charge in [-0.2, -0.15) is 0 Å². The smallest absolute Gasteiger partial charge is 0.356 e. The van der Waals surface area contributed by atoms with Gasteiger partial charge in [0.2, 0.25) is 5.91 Å². The van der Waals surface area contributed by atoms with Crippen molar-refractivity contribution in [1.82, 2.24) is 15.1 Å². The van der Waals surface area contributed by atoms with Crippen molar-refractivity contribution in [2.45, 2.75) is 70.1 Å². The largest absolute Gasteiger partial charge is 0.456 e. The van der Waals surface area contributed by atoms with Gasteiger partial charge in [0.15, 0.2) is 0 Å². The number of aliphatic hydroxyl groups excluding tert-OH is 1. The number of hydrogen-bond donors (Lipinski definition) is 2. The maximum Gasteiger partial charge on any atom is 0.356 e. The van der Waals surface area contributed by atoms with Gasteiger partial charge >= 0.3 is 5.97 Å². The number of carbonyl (C=O) groups excluding carboxylic acids is 2. The van der Waals surface area contributed by atoms with Crippen molar-refractivity contribution in [2.75, 3.05) is 26.2 Å². The van der Waals surface area contributed by atoms with Crippen LogP contribution >= 0.6 is 11.8 Å². The van der Waals surface area contributed by atoms with E-state index >= 15 is 0 Å². The number of aliphatic hydroxyl groups is 1. The zero-order chi connectivity index (χ0) is 27.8. The highest BCUT2D eigenvalue weighted by Gasteiger charge is 2.60. The van der Waals surface area contributed by atoms with Crippen molar-refractivity contribution in [2.24, 2.45) is 17.8 Å². The monoisotopic (exact) mass is 558 g/mol. The number of hydrogen-bond acceptors (Lipinski definition) is 9. The van der Waals surface area contributed by atoms with Crippen LogP contribution in [0.25, 0.3) is 0 Å². The van der Waals surface area contributed by atoms with Gasteiger partial charge in [-0.15, -0.1) is 11.8 Å². The highest BCUT2D eigenvalue weighted by molar-refractivity contribution is 8.03. The molecule has 1 amide bonds. The Labute approximate surface area is 233 Å². The minimum Gasteiger partial charge on any atom is -0.456 e. The van der Waals surface area contributed by atoms with Gasteiger partial charge in [0.25, 0.3) is 5.69 Å². The van der Waals surface area contributed by atoms with Crippen molar-refractivity contribution >= 4 is 29.3 Å². The number of nitro benzene ring substituents is 1. The minimum absolute atomic E-state index is 0.0336. The summed E-state index contributed by atoms with van der Waals surface area (Å²) in [6, 6.07) is 6.07. The van der Waals surface area contributed by atoms with E-state index in [0.29, 0.717) is 23.2 Å². The molecule has 3 fully saturated rings. The molecule has 5 rings (SSSR count). The number of likely N-dealkylation sites (tertiary alicyclic amines) is 1. The first-order chi connectivity index (χ1) is 18.7. The van der Waals surface area contributed by atoms with Crippen molar-refractivity contribution in [3.8, 4) is 0 Å². The Morgan fingerprint density at radius 2 is 1.97 bits per heavy atom. The Kier molecular flexibility index (Phi) is 8.32. The second-order valence-corrected chi connectivity index (χ2v) is 12.6. The van der Waals surface area contributed by atoms with Gasteiger partial charge in [0.1, 0.15) is 12.3 Å². The summed E-state index contributed by atoms with van der Waals surface area (Å²) >= 11 is 1.68. The molecule has 0 spiro atoms. The summed E-state index contributed by atoms with van der Waals surface area (Å²) in [6.45, 7) is 10.0. The Morgan fingerprint density at radius 1 is 1.28 bits per heavy atom. The predicted molar refractivity (Wildman–Crippen MR) is 148 cm³/mol. The van der Waals surface area contributed by atoms with E-state index in [2.05, 4.69) is 17.1 Å². The molecule has 0 bridgehead atoms. The molecule has 10 nitrogen and oxygen atoms in total. The van der Waals surface area contributed by atoms with Gasteiger partial charge in [-0.3, -0.25) is 14.9 Å². The lowest BCUT2D eigenvalue weighted by atomic mass is 9.79. The first kappa shape index (κ1) is 28.1. The van der Waals surface area contributed by atoms with Gasteiger partial charge in [0, 0.05) is 40.8 Å². The standard InChI is InChI=1S/C28H38N4O6S/c1-4-30-11-9-19(10-12-30)22-13-21(14-29-22)39-26-16(2)24-23(17(3)33)27(34)31(24)25(26)28(35)38-15-18-5-7-20(8-6-18)32(36)37/h5-8,16-17,19,21-24,29,33H,4,9-15H2,1-3H3/t16-,17-,21+,22+,23-,24-/m1/s1. The van der Waals surface area contributed by atoms with E-state index in [1.54, 1.807) is 30.8 Å². The number of piperidine rings is 1. The Morgan fingerprint density at radius 3 is 2.59 bits per heavy atom. The van der Waals surface area contributed by atoms with Crippen LogP contribution in [0.3, 0.4) is 0 Å². The van der Waals surface area contributed by atoms with Gasteiger partial charge < -0.3 is 25.0 Å². The third kappa shape index (κ3) is 5.46. The van der Waals surface area contributed by atoms with Gasteiger partial charge in [-0.1, -0.05) is 13.8 Å². The van der Waals surface area contributed by atoms with E-state index in [1.165, 1.54) is 29.9 Å². The molecule has 4 heterocycles. The second kappa shape index (κ2) is 11.6. The number of non-ortho nitro benzene ring substituents is 1. The molecule has 0 aromatic heterocycles. The molecule has 11 heteroatoms. The van der Waals surface area contributed by atoms with Crippen LogP contribution in [-0.4, -0.2) is 81.3 Å². The van der Waals surface area contributed by atoms with Gasteiger partial charge in [0.05, 0.1) is 23.0 Å². The number of carbonyl (C=O) groups is 2. The fourth-order valence-electron chi connectivity index (χ4n) is 6.63. The average molecular weight is 559 g/mol. The number of rotatable bonds is 9. The van der Waals surface area contributed by atoms with E-state index < -0.39 is 22.9 Å². The number of nitro groups is 1. The van der Waals surface area contributed by atoms with Crippen LogP contribution in [0.15, 0.2) is 34.9 Å². The molecule has 0 aliphatic carbocycles. The topological polar surface area (TPSA) is 125 Å². The summed E-state index contributed by atoms with van der Waals surface area (Å²) in [5, 5.41) is 25.2. The molecule has 1 aromatic carbocycles. The highest BCUT2D eigenvalue weighted by atomic mass is 32.2. The summed E-state index contributed by atoms with van der Waals surface area (Å²) < 4.78 is 5.63. The Balaban J connectivity index is 1.29. The van der Waals surface area contributed by atoms with Crippen LogP contribution in [0.1, 0.15) is 45.6 Å². The summed E-state index contributed by atoms with van der Waals surface area (Å²) in [5.41, 5.74) is 0.884. The van der Waals surface area contributed by atoms with Crippen LogP contribution < -0.4 is 5.32 Å². The number of esters is 1. The van der Waals surface area contributed by atoms with Crippen molar-refractivity contribution < 1.29 is 24.4 Å². The molecule has 4 aliphatic rings. The average Bonchev–Trinajstić information content (AvgIpc) is 3.49. The molecular weight excluding hydrogens is 520 g/mol. The molecule has 4 aliphatic heterocycles. The quantitative estimate of drug-likeness (QED) is 0.204. The SMILES string of the molecule is CCN1CCC([C@@H]2C[C@H](SC3=C(C(=O)OCc4ccc([N+](=O)[O-])cc4)N4C(=O)[C@H]([C@@H](C)O)[C@H]4[C@H]3C)CN2)CC1. The van der Waals surface area contributed by atoms with Crippen molar-refractivity contribution in [3.05, 3.63) is 50.5 Å². The lowest BCUT2D eigenvalue weighted by molar-refractivity contribution is -0.384. The zero-order valence-corrected chi connectivity index (χ0v) is 23.6. The molecule has 2 N–H and O–H groups in total. The fourth-order valence-corrected chi connectivity index (χ4v) is 8.12. The van der Waals surface area contributed by atoms with E-state index in [0.717, 1.165) is 37.5 Å². The first-order valence-corrected chi connectivity index (χ1v) is 14.9. The van der Waals surface area contributed by atoms with E-state index in [9.17, 15) is 24.8 Å². The lowest BCUT2D eigenvalue weighted by Crippen LogP contribution is -2.63. The number of ether oxygens (including phenoxy) is 1. The van der Waals surface area contributed by atoms with Crippen LogP contribution in [-0.2, 0) is 20.9 Å². The maximum atomic E-state index is 13.4. The molecule has 1 aromatic rings. The van der Waals surface area contributed by atoms with Crippen molar-refractivity contribution in [3.63, 3.8) is 0 Å². The number of nitrogens with zero attached hydrogens (tertiary/aromatic N) is 3. The molecule has 3 saturated heterocycles. The number of nitrogens with one attached hydrogen (secondary N) is 1.